The molecule has 0 atom stereocenters. The number of amides is 2. The standard InChI is InChI=1S/C11H23N3O3/c1-3-8-14(4-2)9-7-13-11(17)12-6-5-10(15)16/h3-9H2,1-2H3,(H,15,16)(H2,12,13,17). The van der Waals surface area contributed by atoms with E-state index in [0.717, 1.165) is 26.1 Å². The molecule has 0 saturated carbocycles. The molecule has 0 rings (SSSR count). The molecule has 6 nitrogen and oxygen atoms in total. The molecule has 0 aromatic rings. The first-order valence-electron chi connectivity index (χ1n) is 6.06. The molecule has 3 N–H and O–H groups in total. The third-order valence-corrected chi connectivity index (χ3v) is 2.33. The van der Waals surface area contributed by atoms with Crippen LogP contribution in [-0.4, -0.2) is 54.7 Å². The quantitative estimate of drug-likeness (QED) is 0.552. The van der Waals surface area contributed by atoms with Crippen molar-refractivity contribution >= 4 is 12.0 Å². The third-order valence-electron chi connectivity index (χ3n) is 2.33. The number of carboxylic acid groups (broad SMARTS) is 1. The summed E-state index contributed by atoms with van der Waals surface area (Å²) in [6, 6.07) is -0.307. The molecule has 0 radical (unpaired) electrons. The molecule has 0 unspecified atom stereocenters. The first-order chi connectivity index (χ1) is 8.10. The second-order valence-corrected chi connectivity index (χ2v) is 3.76. The minimum Gasteiger partial charge on any atom is -0.481 e. The summed E-state index contributed by atoms with van der Waals surface area (Å²) in [5.74, 6) is -0.912. The van der Waals surface area contributed by atoms with Gasteiger partial charge in [-0.15, -0.1) is 0 Å². The molecule has 0 aliphatic rings. The summed E-state index contributed by atoms with van der Waals surface area (Å²) in [5.41, 5.74) is 0. The number of nitrogens with zero attached hydrogens (tertiary/aromatic N) is 1. The lowest BCUT2D eigenvalue weighted by atomic mass is 10.4. The van der Waals surface area contributed by atoms with Gasteiger partial charge in [0.1, 0.15) is 0 Å². The third kappa shape index (κ3) is 9.62. The van der Waals surface area contributed by atoms with Gasteiger partial charge in [-0.25, -0.2) is 4.79 Å². The highest BCUT2D eigenvalue weighted by Gasteiger charge is 2.03. The highest BCUT2D eigenvalue weighted by molar-refractivity contribution is 5.74. The number of rotatable bonds is 9. The van der Waals surface area contributed by atoms with E-state index >= 15 is 0 Å². The zero-order chi connectivity index (χ0) is 13.1. The Bertz CT molecular complexity index is 234. The van der Waals surface area contributed by atoms with Crippen LogP contribution in [0.25, 0.3) is 0 Å². The maximum atomic E-state index is 11.2. The van der Waals surface area contributed by atoms with Crippen molar-refractivity contribution in [1.82, 2.24) is 15.5 Å². The molecule has 2 amide bonds. The Hall–Kier alpha value is -1.30. The summed E-state index contributed by atoms with van der Waals surface area (Å²) in [6.07, 6.45) is 1.04. The van der Waals surface area contributed by atoms with Gasteiger partial charge in [0.25, 0.3) is 0 Å². The monoisotopic (exact) mass is 245 g/mol. The molecule has 0 fully saturated rings. The molecule has 6 heteroatoms. The highest BCUT2D eigenvalue weighted by Crippen LogP contribution is 1.88. The Kier molecular flexibility index (Phi) is 9.14. The number of nitrogens with one attached hydrogen (secondary N) is 2. The van der Waals surface area contributed by atoms with E-state index in [2.05, 4.69) is 29.4 Å². The number of hydrogen-bond acceptors (Lipinski definition) is 3. The summed E-state index contributed by atoms with van der Waals surface area (Å²) in [4.78, 5) is 23.7. The van der Waals surface area contributed by atoms with Crippen LogP contribution in [0.4, 0.5) is 4.79 Å². The predicted molar refractivity (Wildman–Crippen MR) is 66.1 cm³/mol. The molecular weight excluding hydrogens is 222 g/mol. The van der Waals surface area contributed by atoms with Crippen LogP contribution in [0.2, 0.25) is 0 Å². The van der Waals surface area contributed by atoms with E-state index in [1.165, 1.54) is 0 Å². The summed E-state index contributed by atoms with van der Waals surface area (Å²) >= 11 is 0. The van der Waals surface area contributed by atoms with E-state index in [-0.39, 0.29) is 19.0 Å². The maximum Gasteiger partial charge on any atom is 0.314 e. The Morgan fingerprint density at radius 1 is 1.12 bits per heavy atom. The fraction of sp³-hybridized carbons (Fsp3) is 0.818. The average Bonchev–Trinajstić information content (AvgIpc) is 2.27. The second kappa shape index (κ2) is 9.89. The number of carbonyl (C=O) groups excluding carboxylic acids is 1. The molecule has 0 bridgehead atoms. The first-order valence-corrected chi connectivity index (χ1v) is 6.06. The Labute approximate surface area is 102 Å². The molecule has 17 heavy (non-hydrogen) atoms. The highest BCUT2D eigenvalue weighted by atomic mass is 16.4. The van der Waals surface area contributed by atoms with Crippen molar-refractivity contribution in [2.45, 2.75) is 26.7 Å². The Balaban J connectivity index is 3.52. The van der Waals surface area contributed by atoms with Crippen molar-refractivity contribution in [1.29, 1.82) is 0 Å². The average molecular weight is 245 g/mol. The van der Waals surface area contributed by atoms with Crippen molar-refractivity contribution < 1.29 is 14.7 Å². The normalized spacial score (nSPS) is 10.3. The zero-order valence-electron chi connectivity index (χ0n) is 10.7. The van der Waals surface area contributed by atoms with Gasteiger partial charge in [-0.2, -0.15) is 0 Å². The van der Waals surface area contributed by atoms with Crippen LogP contribution in [0.15, 0.2) is 0 Å². The molecule has 100 valence electrons. The summed E-state index contributed by atoms with van der Waals surface area (Å²) in [5, 5.41) is 13.6. The van der Waals surface area contributed by atoms with E-state index in [1.807, 2.05) is 0 Å². The van der Waals surface area contributed by atoms with Gasteiger partial charge >= 0.3 is 12.0 Å². The molecule has 0 aliphatic carbocycles. The van der Waals surface area contributed by atoms with Crippen molar-refractivity contribution in [3.05, 3.63) is 0 Å². The van der Waals surface area contributed by atoms with Crippen LogP contribution in [0.3, 0.4) is 0 Å². The van der Waals surface area contributed by atoms with Crippen LogP contribution < -0.4 is 10.6 Å². The molecule has 0 spiro atoms. The van der Waals surface area contributed by atoms with Gasteiger partial charge in [0.15, 0.2) is 0 Å². The minimum atomic E-state index is -0.912. The number of carbonyl (C=O) groups is 2. The van der Waals surface area contributed by atoms with Crippen LogP contribution in [0, 0.1) is 0 Å². The molecular formula is C11H23N3O3. The van der Waals surface area contributed by atoms with E-state index in [0.29, 0.717) is 6.54 Å². The van der Waals surface area contributed by atoms with Gasteiger partial charge in [0, 0.05) is 19.6 Å². The van der Waals surface area contributed by atoms with Gasteiger partial charge in [0.05, 0.1) is 6.42 Å². The Morgan fingerprint density at radius 3 is 2.29 bits per heavy atom. The van der Waals surface area contributed by atoms with E-state index in [1.54, 1.807) is 0 Å². The first kappa shape index (κ1) is 15.7. The smallest absolute Gasteiger partial charge is 0.314 e. The largest absolute Gasteiger partial charge is 0.481 e. The second-order valence-electron chi connectivity index (χ2n) is 3.76. The lowest BCUT2D eigenvalue weighted by Gasteiger charge is -2.19. The van der Waals surface area contributed by atoms with Crippen LogP contribution in [0.5, 0.6) is 0 Å². The van der Waals surface area contributed by atoms with Gasteiger partial charge in [-0.3, -0.25) is 4.79 Å². The molecule has 0 saturated heterocycles. The SMILES string of the molecule is CCCN(CC)CCNC(=O)NCCC(=O)O. The number of likely N-dealkylation sites (N-methyl/N-ethyl adjacent to an activating group) is 1. The van der Waals surface area contributed by atoms with Gasteiger partial charge in [-0.05, 0) is 19.5 Å². The maximum absolute atomic E-state index is 11.2. The van der Waals surface area contributed by atoms with Gasteiger partial charge in [0.2, 0.25) is 0 Å². The predicted octanol–water partition coefficient (Wildman–Crippen LogP) is 0.492. The molecule has 0 aliphatic heterocycles. The van der Waals surface area contributed by atoms with Crippen LogP contribution in [-0.2, 0) is 4.79 Å². The lowest BCUT2D eigenvalue weighted by Crippen LogP contribution is -2.41. The fourth-order valence-corrected chi connectivity index (χ4v) is 1.42. The van der Waals surface area contributed by atoms with E-state index < -0.39 is 5.97 Å². The van der Waals surface area contributed by atoms with Crippen molar-refractivity contribution in [3.8, 4) is 0 Å². The minimum absolute atomic E-state index is 0.0513. The van der Waals surface area contributed by atoms with Crippen LogP contribution >= 0.6 is 0 Å². The summed E-state index contributed by atoms with van der Waals surface area (Å²) in [7, 11) is 0. The molecule has 0 heterocycles. The lowest BCUT2D eigenvalue weighted by molar-refractivity contribution is -0.136. The number of hydrogen-bond donors (Lipinski definition) is 3. The number of carboxylic acids is 1. The molecule has 0 aromatic heterocycles. The summed E-state index contributed by atoms with van der Waals surface area (Å²) in [6.45, 7) is 7.75. The van der Waals surface area contributed by atoms with Crippen LogP contribution in [0.1, 0.15) is 26.7 Å². The summed E-state index contributed by atoms with van der Waals surface area (Å²) < 4.78 is 0. The zero-order valence-corrected chi connectivity index (χ0v) is 10.7. The number of aliphatic carboxylic acids is 1. The van der Waals surface area contributed by atoms with Crippen molar-refractivity contribution in [2.24, 2.45) is 0 Å². The Morgan fingerprint density at radius 2 is 1.76 bits per heavy atom. The van der Waals surface area contributed by atoms with E-state index in [9.17, 15) is 9.59 Å². The van der Waals surface area contributed by atoms with Crippen molar-refractivity contribution in [3.63, 3.8) is 0 Å². The number of urea groups is 1. The van der Waals surface area contributed by atoms with Crippen molar-refractivity contribution in [2.75, 3.05) is 32.7 Å². The molecule has 0 aromatic carbocycles. The van der Waals surface area contributed by atoms with Gasteiger partial charge < -0.3 is 20.6 Å². The van der Waals surface area contributed by atoms with Gasteiger partial charge in [-0.1, -0.05) is 13.8 Å². The van der Waals surface area contributed by atoms with E-state index in [4.69, 9.17) is 5.11 Å². The topological polar surface area (TPSA) is 81.7 Å². The fourth-order valence-electron chi connectivity index (χ4n) is 1.42.